The third-order valence-electron chi connectivity index (χ3n) is 0.962. The Labute approximate surface area is 61.6 Å². The van der Waals surface area contributed by atoms with E-state index in [9.17, 15) is 4.79 Å². The zero-order valence-corrected chi connectivity index (χ0v) is 6.39. The molecule has 0 rings (SSSR count). The quantitative estimate of drug-likeness (QED) is 0.334. The molecule has 0 heterocycles. The summed E-state index contributed by atoms with van der Waals surface area (Å²) >= 11 is 0. The van der Waals surface area contributed by atoms with Gasteiger partial charge in [0.15, 0.2) is 0 Å². The summed E-state index contributed by atoms with van der Waals surface area (Å²) < 4.78 is 4.76. The Bertz CT molecular complexity index is 142. The van der Waals surface area contributed by atoms with E-state index < -0.39 is 0 Å². The molecule has 10 heavy (non-hydrogen) atoms. The monoisotopic (exact) mass is 140 g/mol. The summed E-state index contributed by atoms with van der Waals surface area (Å²) in [6, 6.07) is 0. The van der Waals surface area contributed by atoms with Gasteiger partial charge in [-0.15, -0.1) is 12.3 Å². The Morgan fingerprint density at radius 1 is 1.70 bits per heavy atom. The molecule has 0 aromatic rings. The van der Waals surface area contributed by atoms with Crippen LogP contribution in [0, 0.1) is 18.3 Å². The lowest BCUT2D eigenvalue weighted by atomic mass is 10.2. The Balaban J connectivity index is 3.33. The topological polar surface area (TPSA) is 26.3 Å². The van der Waals surface area contributed by atoms with Gasteiger partial charge in [-0.2, -0.15) is 0 Å². The maximum Gasteiger partial charge on any atom is 0.308 e. The van der Waals surface area contributed by atoms with Gasteiger partial charge in [0, 0.05) is 6.42 Å². The van der Waals surface area contributed by atoms with E-state index in [0.717, 1.165) is 0 Å². The minimum absolute atomic E-state index is 0.0576. The molecule has 2 nitrogen and oxygen atoms in total. The number of ether oxygens (including phenoxy) is 1. The number of hydrogen-bond donors (Lipinski definition) is 0. The summed E-state index contributed by atoms with van der Waals surface area (Å²) in [4.78, 5) is 10.7. The van der Waals surface area contributed by atoms with E-state index in [1.54, 1.807) is 13.8 Å². The second-order valence-corrected chi connectivity index (χ2v) is 2.28. The largest absolute Gasteiger partial charge is 0.464 e. The fraction of sp³-hybridized carbons (Fsp3) is 0.625. The Morgan fingerprint density at radius 3 is 2.70 bits per heavy atom. The standard InChI is InChI=1S/C8H12O2/c1-4-5-6-10-8(9)7(2)3/h1,7H,5-6H2,2-3H3. The smallest absolute Gasteiger partial charge is 0.308 e. The predicted molar refractivity (Wildman–Crippen MR) is 39.2 cm³/mol. The number of rotatable bonds is 3. The van der Waals surface area contributed by atoms with Gasteiger partial charge >= 0.3 is 5.97 Å². The van der Waals surface area contributed by atoms with Crippen molar-refractivity contribution in [3.63, 3.8) is 0 Å². The molecule has 0 spiro atoms. The minimum atomic E-state index is -0.185. The molecular formula is C8H12O2. The van der Waals surface area contributed by atoms with Gasteiger partial charge in [-0.1, -0.05) is 13.8 Å². The molecule has 0 radical (unpaired) electrons. The first kappa shape index (κ1) is 9.03. The highest BCUT2D eigenvalue weighted by molar-refractivity contribution is 5.71. The van der Waals surface area contributed by atoms with Gasteiger partial charge in [0.2, 0.25) is 0 Å². The minimum Gasteiger partial charge on any atom is -0.464 e. The molecular weight excluding hydrogens is 128 g/mol. The van der Waals surface area contributed by atoms with Crippen molar-refractivity contribution in [2.75, 3.05) is 6.61 Å². The molecule has 0 unspecified atom stereocenters. The third-order valence-corrected chi connectivity index (χ3v) is 0.962. The van der Waals surface area contributed by atoms with Crippen molar-refractivity contribution < 1.29 is 9.53 Å². The fourth-order valence-corrected chi connectivity index (χ4v) is 0.377. The summed E-state index contributed by atoms with van der Waals surface area (Å²) in [6.45, 7) is 3.92. The molecule has 0 saturated carbocycles. The molecule has 56 valence electrons. The van der Waals surface area contributed by atoms with Crippen LogP contribution in [0.4, 0.5) is 0 Å². The van der Waals surface area contributed by atoms with Crippen molar-refractivity contribution in [1.29, 1.82) is 0 Å². The lowest BCUT2D eigenvalue weighted by Crippen LogP contribution is -2.11. The van der Waals surface area contributed by atoms with Crippen molar-refractivity contribution in [2.45, 2.75) is 20.3 Å². The Morgan fingerprint density at radius 2 is 2.30 bits per heavy atom. The van der Waals surface area contributed by atoms with Crippen LogP contribution in [-0.2, 0) is 9.53 Å². The van der Waals surface area contributed by atoms with Crippen molar-refractivity contribution in [2.24, 2.45) is 5.92 Å². The zero-order chi connectivity index (χ0) is 7.98. The van der Waals surface area contributed by atoms with Gasteiger partial charge in [0.25, 0.3) is 0 Å². The number of terminal acetylenes is 1. The first-order chi connectivity index (χ1) is 4.68. The van der Waals surface area contributed by atoms with Gasteiger partial charge in [-0.05, 0) is 0 Å². The van der Waals surface area contributed by atoms with E-state index in [4.69, 9.17) is 11.2 Å². The van der Waals surface area contributed by atoms with Crippen LogP contribution >= 0.6 is 0 Å². The lowest BCUT2D eigenvalue weighted by molar-refractivity contribution is -0.147. The van der Waals surface area contributed by atoms with E-state index in [1.807, 2.05) is 0 Å². The van der Waals surface area contributed by atoms with E-state index >= 15 is 0 Å². The fourth-order valence-electron chi connectivity index (χ4n) is 0.377. The van der Waals surface area contributed by atoms with E-state index in [1.165, 1.54) is 0 Å². The van der Waals surface area contributed by atoms with Crippen LogP contribution < -0.4 is 0 Å². The van der Waals surface area contributed by atoms with Crippen LogP contribution in [-0.4, -0.2) is 12.6 Å². The first-order valence-electron chi connectivity index (χ1n) is 3.28. The molecule has 0 atom stereocenters. The number of carbonyl (C=O) groups excluding carboxylic acids is 1. The normalized spacial score (nSPS) is 9.00. The highest BCUT2D eigenvalue weighted by atomic mass is 16.5. The molecule has 2 heteroatoms. The van der Waals surface area contributed by atoms with Crippen LogP contribution in [0.5, 0.6) is 0 Å². The summed E-state index contributed by atoms with van der Waals surface area (Å²) in [7, 11) is 0. The molecule has 0 aromatic carbocycles. The highest BCUT2D eigenvalue weighted by Crippen LogP contribution is 1.95. The van der Waals surface area contributed by atoms with Gasteiger partial charge in [0.05, 0.1) is 5.92 Å². The maximum atomic E-state index is 10.7. The van der Waals surface area contributed by atoms with E-state index in [0.29, 0.717) is 13.0 Å². The van der Waals surface area contributed by atoms with E-state index in [2.05, 4.69) is 5.92 Å². The molecule has 0 aromatic heterocycles. The molecule has 0 bridgehead atoms. The molecule has 0 fully saturated rings. The number of carbonyl (C=O) groups is 1. The van der Waals surface area contributed by atoms with Crippen LogP contribution in [0.2, 0.25) is 0 Å². The summed E-state index contributed by atoms with van der Waals surface area (Å²) in [5, 5.41) is 0. The Hall–Kier alpha value is -0.970. The summed E-state index contributed by atoms with van der Waals surface area (Å²) in [5.74, 6) is 2.14. The molecule has 0 saturated heterocycles. The van der Waals surface area contributed by atoms with Crippen molar-refractivity contribution in [3.05, 3.63) is 0 Å². The zero-order valence-electron chi connectivity index (χ0n) is 6.39. The van der Waals surface area contributed by atoms with Crippen molar-refractivity contribution in [3.8, 4) is 12.3 Å². The predicted octanol–water partition coefficient (Wildman–Crippen LogP) is 1.21. The number of esters is 1. The average Bonchev–Trinajstić information content (AvgIpc) is 1.88. The first-order valence-corrected chi connectivity index (χ1v) is 3.28. The van der Waals surface area contributed by atoms with Crippen molar-refractivity contribution >= 4 is 5.97 Å². The molecule has 0 amide bonds. The lowest BCUT2D eigenvalue weighted by Gasteiger charge is -2.03. The Kier molecular flexibility index (Phi) is 4.39. The van der Waals surface area contributed by atoms with Crippen LogP contribution in [0.25, 0.3) is 0 Å². The molecule has 0 aliphatic rings. The SMILES string of the molecule is C#CCCOC(=O)C(C)C. The second-order valence-electron chi connectivity index (χ2n) is 2.28. The van der Waals surface area contributed by atoms with Crippen molar-refractivity contribution in [1.82, 2.24) is 0 Å². The molecule has 0 aliphatic carbocycles. The number of hydrogen-bond acceptors (Lipinski definition) is 2. The van der Waals surface area contributed by atoms with E-state index in [-0.39, 0.29) is 11.9 Å². The van der Waals surface area contributed by atoms with Crippen LogP contribution in [0.1, 0.15) is 20.3 Å². The molecule has 0 aliphatic heterocycles. The second kappa shape index (κ2) is 4.87. The summed E-state index contributed by atoms with van der Waals surface area (Å²) in [5.41, 5.74) is 0. The van der Waals surface area contributed by atoms with Gasteiger partial charge < -0.3 is 4.74 Å². The van der Waals surface area contributed by atoms with Gasteiger partial charge in [0.1, 0.15) is 6.61 Å². The third kappa shape index (κ3) is 3.96. The summed E-state index contributed by atoms with van der Waals surface area (Å²) in [6.07, 6.45) is 5.45. The molecule has 0 N–H and O–H groups in total. The van der Waals surface area contributed by atoms with Crippen LogP contribution in [0.3, 0.4) is 0 Å². The highest BCUT2D eigenvalue weighted by Gasteiger charge is 2.06. The van der Waals surface area contributed by atoms with Gasteiger partial charge in [-0.25, -0.2) is 0 Å². The average molecular weight is 140 g/mol. The van der Waals surface area contributed by atoms with Crippen LogP contribution in [0.15, 0.2) is 0 Å². The maximum absolute atomic E-state index is 10.7. The van der Waals surface area contributed by atoms with Gasteiger partial charge in [-0.3, -0.25) is 4.79 Å².